The minimum atomic E-state index is -0.798. The molecule has 0 saturated carbocycles. The molecule has 2 rings (SSSR count). The number of carboxylic acids is 1. The predicted molar refractivity (Wildman–Crippen MR) is 90.0 cm³/mol. The molecule has 0 saturated heterocycles. The zero-order chi connectivity index (χ0) is 16.2. The smallest absolute Gasteiger partial charge is 0.309 e. The van der Waals surface area contributed by atoms with E-state index in [4.69, 9.17) is 4.74 Å². The van der Waals surface area contributed by atoms with Gasteiger partial charge in [-0.25, -0.2) is 0 Å². The van der Waals surface area contributed by atoms with Crippen molar-refractivity contribution >= 4 is 21.9 Å². The Kier molecular flexibility index (Phi) is 5.24. The van der Waals surface area contributed by atoms with E-state index in [1.165, 1.54) is 0 Å². The lowest BCUT2D eigenvalue weighted by molar-refractivity contribution is -0.146. The van der Waals surface area contributed by atoms with E-state index in [0.29, 0.717) is 13.0 Å². The van der Waals surface area contributed by atoms with E-state index < -0.39 is 11.4 Å². The van der Waals surface area contributed by atoms with Gasteiger partial charge in [-0.3, -0.25) is 4.79 Å². The molecule has 4 heteroatoms. The summed E-state index contributed by atoms with van der Waals surface area (Å²) in [6, 6.07) is 15.7. The first-order valence-corrected chi connectivity index (χ1v) is 7.86. The fourth-order valence-electron chi connectivity index (χ4n) is 2.09. The molecule has 116 valence electrons. The second kappa shape index (κ2) is 6.97. The zero-order valence-electron chi connectivity index (χ0n) is 12.7. The van der Waals surface area contributed by atoms with E-state index in [9.17, 15) is 9.90 Å². The molecule has 0 aromatic heterocycles. The summed E-state index contributed by atoms with van der Waals surface area (Å²) in [6.45, 7) is 3.95. The maximum absolute atomic E-state index is 11.2. The molecule has 0 amide bonds. The Hall–Kier alpha value is -1.81. The van der Waals surface area contributed by atoms with Crippen LogP contribution in [-0.4, -0.2) is 11.1 Å². The van der Waals surface area contributed by atoms with Gasteiger partial charge in [0.15, 0.2) is 0 Å². The number of rotatable bonds is 6. The van der Waals surface area contributed by atoms with Crippen LogP contribution < -0.4 is 4.74 Å². The number of benzene rings is 2. The first-order valence-electron chi connectivity index (χ1n) is 7.07. The largest absolute Gasteiger partial charge is 0.488 e. The van der Waals surface area contributed by atoms with Gasteiger partial charge >= 0.3 is 5.97 Å². The van der Waals surface area contributed by atoms with E-state index in [0.717, 1.165) is 21.3 Å². The van der Waals surface area contributed by atoms with E-state index in [1.54, 1.807) is 13.8 Å². The van der Waals surface area contributed by atoms with E-state index in [-0.39, 0.29) is 0 Å². The van der Waals surface area contributed by atoms with Crippen LogP contribution in [0.2, 0.25) is 0 Å². The SMILES string of the molecule is CC(C)(Cc1ccc(OCc2ccccc2)c(Br)c1)C(=O)O. The van der Waals surface area contributed by atoms with Gasteiger partial charge in [-0.2, -0.15) is 0 Å². The summed E-state index contributed by atoms with van der Waals surface area (Å²) in [6.07, 6.45) is 0.472. The summed E-state index contributed by atoms with van der Waals surface area (Å²) in [7, 11) is 0. The molecular formula is C18H19BrO3. The van der Waals surface area contributed by atoms with Crippen LogP contribution in [0.4, 0.5) is 0 Å². The summed E-state index contributed by atoms with van der Waals surface area (Å²) >= 11 is 3.49. The van der Waals surface area contributed by atoms with Crippen molar-refractivity contribution in [3.8, 4) is 5.75 Å². The first-order chi connectivity index (χ1) is 10.4. The van der Waals surface area contributed by atoms with Crippen LogP contribution in [0.3, 0.4) is 0 Å². The fraction of sp³-hybridized carbons (Fsp3) is 0.278. The molecule has 1 N–H and O–H groups in total. The number of hydrogen-bond acceptors (Lipinski definition) is 2. The molecule has 3 nitrogen and oxygen atoms in total. The van der Waals surface area contributed by atoms with Crippen molar-refractivity contribution in [3.05, 3.63) is 64.1 Å². The highest BCUT2D eigenvalue weighted by atomic mass is 79.9. The third-order valence-corrected chi connectivity index (χ3v) is 4.08. The van der Waals surface area contributed by atoms with Crippen molar-refractivity contribution in [1.29, 1.82) is 0 Å². The minimum Gasteiger partial charge on any atom is -0.488 e. The molecule has 0 atom stereocenters. The second-order valence-corrected chi connectivity index (χ2v) is 6.76. The standard InChI is InChI=1S/C18H19BrO3/c1-18(2,17(20)21)11-14-8-9-16(15(19)10-14)22-12-13-6-4-3-5-7-13/h3-10H,11-12H2,1-2H3,(H,20,21). The van der Waals surface area contributed by atoms with Crippen LogP contribution in [-0.2, 0) is 17.8 Å². The molecule has 0 aliphatic heterocycles. The summed E-state index contributed by atoms with van der Waals surface area (Å²) in [5, 5.41) is 9.20. The van der Waals surface area contributed by atoms with Gasteiger partial charge in [0, 0.05) is 0 Å². The van der Waals surface area contributed by atoms with Gasteiger partial charge in [0.2, 0.25) is 0 Å². The van der Waals surface area contributed by atoms with Crippen molar-refractivity contribution in [1.82, 2.24) is 0 Å². The number of carbonyl (C=O) groups is 1. The molecule has 2 aromatic carbocycles. The average Bonchev–Trinajstić information content (AvgIpc) is 2.47. The quantitative estimate of drug-likeness (QED) is 0.811. The van der Waals surface area contributed by atoms with Crippen molar-refractivity contribution in [2.75, 3.05) is 0 Å². The minimum absolute atomic E-state index is 0.472. The number of aliphatic carboxylic acids is 1. The number of hydrogen-bond donors (Lipinski definition) is 1. The number of ether oxygens (including phenoxy) is 1. The average molecular weight is 363 g/mol. The molecule has 0 heterocycles. The Morgan fingerprint density at radius 1 is 1.14 bits per heavy atom. The van der Waals surface area contributed by atoms with Gasteiger partial charge < -0.3 is 9.84 Å². The fourth-order valence-corrected chi connectivity index (χ4v) is 2.63. The van der Waals surface area contributed by atoms with Gasteiger partial charge in [0.1, 0.15) is 12.4 Å². The zero-order valence-corrected chi connectivity index (χ0v) is 14.3. The number of carboxylic acid groups (broad SMARTS) is 1. The van der Waals surface area contributed by atoms with Crippen LogP contribution in [0.15, 0.2) is 53.0 Å². The Bertz CT molecular complexity index is 651. The van der Waals surface area contributed by atoms with E-state index in [2.05, 4.69) is 15.9 Å². The maximum atomic E-state index is 11.2. The Morgan fingerprint density at radius 2 is 1.82 bits per heavy atom. The summed E-state index contributed by atoms with van der Waals surface area (Å²) in [5.74, 6) is -0.0474. The van der Waals surface area contributed by atoms with Crippen molar-refractivity contribution < 1.29 is 14.6 Å². The molecule has 2 aromatic rings. The lowest BCUT2D eigenvalue weighted by Gasteiger charge is -2.19. The molecule has 0 spiro atoms. The van der Waals surface area contributed by atoms with Crippen molar-refractivity contribution in [2.45, 2.75) is 26.9 Å². The van der Waals surface area contributed by atoms with Gasteiger partial charge in [0.25, 0.3) is 0 Å². The molecule has 0 bridgehead atoms. The summed E-state index contributed by atoms with van der Waals surface area (Å²) < 4.78 is 6.63. The molecule has 0 radical (unpaired) electrons. The molecule has 0 aliphatic rings. The Balaban J connectivity index is 2.05. The molecular weight excluding hydrogens is 344 g/mol. The molecule has 22 heavy (non-hydrogen) atoms. The van der Waals surface area contributed by atoms with E-state index in [1.807, 2.05) is 48.5 Å². The molecule has 0 fully saturated rings. The van der Waals surface area contributed by atoms with Gasteiger partial charge in [-0.1, -0.05) is 36.4 Å². The lowest BCUT2D eigenvalue weighted by atomic mass is 9.86. The van der Waals surface area contributed by atoms with Crippen molar-refractivity contribution in [2.24, 2.45) is 5.41 Å². The van der Waals surface area contributed by atoms with Crippen LogP contribution in [0.25, 0.3) is 0 Å². The monoisotopic (exact) mass is 362 g/mol. The van der Waals surface area contributed by atoms with Gasteiger partial charge in [0.05, 0.1) is 9.89 Å². The Morgan fingerprint density at radius 3 is 2.41 bits per heavy atom. The first kappa shape index (κ1) is 16.6. The number of halogens is 1. The highest BCUT2D eigenvalue weighted by Gasteiger charge is 2.27. The molecule has 0 unspecified atom stereocenters. The summed E-state index contributed by atoms with van der Waals surface area (Å²) in [4.78, 5) is 11.2. The normalized spacial score (nSPS) is 11.2. The van der Waals surface area contributed by atoms with Gasteiger partial charge in [-0.15, -0.1) is 0 Å². The Labute approximate surface area is 139 Å². The van der Waals surface area contributed by atoms with E-state index >= 15 is 0 Å². The van der Waals surface area contributed by atoms with Crippen LogP contribution in [0.5, 0.6) is 5.75 Å². The third kappa shape index (κ3) is 4.34. The second-order valence-electron chi connectivity index (χ2n) is 5.90. The topological polar surface area (TPSA) is 46.5 Å². The lowest BCUT2D eigenvalue weighted by Crippen LogP contribution is -2.26. The van der Waals surface area contributed by atoms with Crippen molar-refractivity contribution in [3.63, 3.8) is 0 Å². The van der Waals surface area contributed by atoms with Gasteiger partial charge in [-0.05, 0) is 59.5 Å². The highest BCUT2D eigenvalue weighted by Crippen LogP contribution is 2.30. The van der Waals surface area contributed by atoms with Crippen LogP contribution >= 0.6 is 15.9 Å². The molecule has 0 aliphatic carbocycles. The van der Waals surface area contributed by atoms with Crippen LogP contribution in [0, 0.1) is 5.41 Å². The maximum Gasteiger partial charge on any atom is 0.309 e. The third-order valence-electron chi connectivity index (χ3n) is 3.46. The predicted octanol–water partition coefficient (Wildman–Crippen LogP) is 4.68. The van der Waals surface area contributed by atoms with Crippen LogP contribution in [0.1, 0.15) is 25.0 Å². The summed E-state index contributed by atoms with van der Waals surface area (Å²) in [5.41, 5.74) is 1.28. The highest BCUT2D eigenvalue weighted by molar-refractivity contribution is 9.10.